The summed E-state index contributed by atoms with van der Waals surface area (Å²) in [7, 11) is 0. The highest BCUT2D eigenvalue weighted by molar-refractivity contribution is 4.93. The van der Waals surface area contributed by atoms with Crippen molar-refractivity contribution in [3.05, 3.63) is 11.8 Å². The number of rotatable bonds is 5. The molecule has 0 amide bonds. The molecule has 0 spiro atoms. The molecule has 1 N–H and O–H groups in total. The van der Waals surface area contributed by atoms with Crippen molar-refractivity contribution in [2.24, 2.45) is 5.41 Å². The van der Waals surface area contributed by atoms with Gasteiger partial charge < -0.3 is 9.73 Å². The van der Waals surface area contributed by atoms with Gasteiger partial charge in [0.2, 0.25) is 11.8 Å². The third-order valence-electron chi connectivity index (χ3n) is 3.05. The average molecular weight is 195 g/mol. The van der Waals surface area contributed by atoms with Gasteiger partial charge in [0.1, 0.15) is 0 Å². The van der Waals surface area contributed by atoms with Gasteiger partial charge in [-0.1, -0.05) is 6.92 Å². The molecule has 1 aromatic heterocycles. The van der Waals surface area contributed by atoms with E-state index < -0.39 is 0 Å². The van der Waals surface area contributed by atoms with E-state index in [9.17, 15) is 0 Å². The molecule has 1 aliphatic rings. The van der Waals surface area contributed by atoms with Crippen molar-refractivity contribution in [1.82, 2.24) is 15.5 Å². The fourth-order valence-corrected chi connectivity index (χ4v) is 1.68. The maximum atomic E-state index is 5.27. The minimum atomic E-state index is 0.578. The highest BCUT2D eigenvalue weighted by atomic mass is 16.4. The first-order chi connectivity index (χ1) is 6.74. The van der Waals surface area contributed by atoms with Crippen LogP contribution in [0, 0.1) is 12.3 Å². The second-order valence-electron chi connectivity index (χ2n) is 4.17. The third-order valence-corrected chi connectivity index (χ3v) is 3.05. The summed E-state index contributed by atoms with van der Waals surface area (Å²) in [6.45, 7) is 5.84. The molecular weight excluding hydrogens is 178 g/mol. The van der Waals surface area contributed by atoms with Gasteiger partial charge in [0.15, 0.2) is 0 Å². The van der Waals surface area contributed by atoms with Crippen LogP contribution in [0.2, 0.25) is 0 Å². The van der Waals surface area contributed by atoms with E-state index in [2.05, 4.69) is 22.4 Å². The molecule has 2 rings (SSSR count). The Morgan fingerprint density at radius 3 is 2.71 bits per heavy atom. The molecule has 1 fully saturated rings. The van der Waals surface area contributed by atoms with Crippen LogP contribution < -0.4 is 5.32 Å². The molecule has 0 aromatic carbocycles. The number of nitrogens with one attached hydrogen (secondary N) is 1. The molecule has 14 heavy (non-hydrogen) atoms. The summed E-state index contributed by atoms with van der Waals surface area (Å²) in [5.74, 6) is 1.33. The van der Waals surface area contributed by atoms with Crippen LogP contribution in [0.4, 0.5) is 0 Å². The summed E-state index contributed by atoms with van der Waals surface area (Å²) in [4.78, 5) is 0. The van der Waals surface area contributed by atoms with Crippen molar-refractivity contribution in [1.29, 1.82) is 0 Å². The van der Waals surface area contributed by atoms with Crippen LogP contribution in [0.1, 0.15) is 38.0 Å². The van der Waals surface area contributed by atoms with Crippen LogP contribution in [-0.2, 0) is 6.54 Å². The maximum absolute atomic E-state index is 5.27. The lowest BCUT2D eigenvalue weighted by molar-refractivity contribution is 0.403. The number of aromatic nitrogens is 2. The molecule has 1 heterocycles. The van der Waals surface area contributed by atoms with Gasteiger partial charge in [-0.3, -0.25) is 0 Å². The molecule has 1 saturated carbocycles. The van der Waals surface area contributed by atoms with Crippen molar-refractivity contribution < 1.29 is 4.42 Å². The lowest BCUT2D eigenvalue weighted by Crippen LogP contribution is -2.23. The van der Waals surface area contributed by atoms with Crippen LogP contribution in [-0.4, -0.2) is 16.7 Å². The number of hydrogen-bond acceptors (Lipinski definition) is 4. The Labute approximate surface area is 84.1 Å². The van der Waals surface area contributed by atoms with Crippen LogP contribution >= 0.6 is 0 Å². The van der Waals surface area contributed by atoms with Crippen molar-refractivity contribution >= 4 is 0 Å². The van der Waals surface area contributed by atoms with Gasteiger partial charge in [-0.15, -0.1) is 10.2 Å². The smallest absolute Gasteiger partial charge is 0.230 e. The Morgan fingerprint density at radius 1 is 1.43 bits per heavy atom. The summed E-state index contributed by atoms with van der Waals surface area (Å²) >= 11 is 0. The molecule has 0 radical (unpaired) electrons. The molecule has 4 nitrogen and oxygen atoms in total. The second kappa shape index (κ2) is 3.69. The summed E-state index contributed by atoms with van der Waals surface area (Å²) in [6.07, 6.45) is 3.99. The Morgan fingerprint density at radius 2 is 2.21 bits per heavy atom. The highest BCUT2D eigenvalue weighted by Crippen LogP contribution is 2.47. The predicted octanol–water partition coefficient (Wildman–Crippen LogP) is 1.66. The van der Waals surface area contributed by atoms with Gasteiger partial charge in [0.25, 0.3) is 0 Å². The quantitative estimate of drug-likeness (QED) is 0.776. The van der Waals surface area contributed by atoms with Crippen LogP contribution in [0.5, 0.6) is 0 Å². The van der Waals surface area contributed by atoms with Crippen molar-refractivity contribution in [2.45, 2.75) is 39.7 Å². The van der Waals surface area contributed by atoms with E-state index in [0.29, 0.717) is 23.7 Å². The summed E-state index contributed by atoms with van der Waals surface area (Å²) < 4.78 is 5.27. The molecule has 1 aromatic rings. The zero-order valence-electron chi connectivity index (χ0n) is 8.84. The van der Waals surface area contributed by atoms with Crippen molar-refractivity contribution in [3.8, 4) is 0 Å². The SMILES string of the molecule is CCC1(CNCc2nnc(C)o2)CC1. The molecule has 0 bridgehead atoms. The molecule has 4 heteroatoms. The van der Waals surface area contributed by atoms with Gasteiger partial charge in [0.05, 0.1) is 6.54 Å². The fraction of sp³-hybridized carbons (Fsp3) is 0.800. The van der Waals surface area contributed by atoms with Crippen molar-refractivity contribution in [3.63, 3.8) is 0 Å². The average Bonchev–Trinajstić information content (AvgIpc) is 2.84. The largest absolute Gasteiger partial charge is 0.424 e. The molecule has 0 atom stereocenters. The van der Waals surface area contributed by atoms with Gasteiger partial charge in [-0.05, 0) is 24.7 Å². The van der Waals surface area contributed by atoms with E-state index in [1.54, 1.807) is 0 Å². The van der Waals surface area contributed by atoms with E-state index >= 15 is 0 Å². The Hall–Kier alpha value is -0.900. The van der Waals surface area contributed by atoms with Crippen LogP contribution in [0.3, 0.4) is 0 Å². The minimum Gasteiger partial charge on any atom is -0.424 e. The van der Waals surface area contributed by atoms with Gasteiger partial charge in [-0.25, -0.2) is 0 Å². The van der Waals surface area contributed by atoms with E-state index in [0.717, 1.165) is 6.54 Å². The van der Waals surface area contributed by atoms with E-state index in [1.807, 2.05) is 6.92 Å². The van der Waals surface area contributed by atoms with E-state index in [-0.39, 0.29) is 0 Å². The lowest BCUT2D eigenvalue weighted by Gasteiger charge is -2.11. The number of hydrogen-bond donors (Lipinski definition) is 1. The van der Waals surface area contributed by atoms with E-state index in [1.165, 1.54) is 19.3 Å². The molecule has 0 aliphatic heterocycles. The minimum absolute atomic E-state index is 0.578. The van der Waals surface area contributed by atoms with Crippen LogP contribution in [0.25, 0.3) is 0 Å². The second-order valence-corrected chi connectivity index (χ2v) is 4.17. The van der Waals surface area contributed by atoms with Gasteiger partial charge >= 0.3 is 0 Å². The first-order valence-electron chi connectivity index (χ1n) is 5.24. The number of aryl methyl sites for hydroxylation is 1. The van der Waals surface area contributed by atoms with E-state index in [4.69, 9.17) is 4.42 Å². The Bertz CT molecular complexity index is 304. The predicted molar refractivity (Wildman–Crippen MR) is 52.7 cm³/mol. The molecule has 0 unspecified atom stereocenters. The van der Waals surface area contributed by atoms with Gasteiger partial charge in [-0.2, -0.15) is 0 Å². The monoisotopic (exact) mass is 195 g/mol. The molecular formula is C10H17N3O. The van der Waals surface area contributed by atoms with Crippen molar-refractivity contribution in [2.75, 3.05) is 6.54 Å². The third kappa shape index (κ3) is 2.12. The summed E-state index contributed by atoms with van der Waals surface area (Å²) in [6, 6.07) is 0. The Balaban J connectivity index is 1.73. The highest BCUT2D eigenvalue weighted by Gasteiger charge is 2.39. The topological polar surface area (TPSA) is 51.0 Å². The molecule has 78 valence electrons. The maximum Gasteiger partial charge on any atom is 0.230 e. The fourth-order valence-electron chi connectivity index (χ4n) is 1.68. The lowest BCUT2D eigenvalue weighted by atomic mass is 10.0. The number of nitrogens with zero attached hydrogens (tertiary/aromatic N) is 2. The first kappa shape index (κ1) is 9.65. The first-order valence-corrected chi connectivity index (χ1v) is 5.24. The van der Waals surface area contributed by atoms with Gasteiger partial charge in [0, 0.05) is 13.5 Å². The summed E-state index contributed by atoms with van der Waals surface area (Å²) in [5.41, 5.74) is 0.578. The Kier molecular flexibility index (Phi) is 2.54. The normalized spacial score (nSPS) is 18.4. The zero-order chi connectivity index (χ0) is 10.0. The molecule has 0 saturated heterocycles. The summed E-state index contributed by atoms with van der Waals surface area (Å²) in [5, 5.41) is 11.1. The zero-order valence-corrected chi connectivity index (χ0v) is 8.84. The van der Waals surface area contributed by atoms with Crippen LogP contribution in [0.15, 0.2) is 4.42 Å². The molecule has 1 aliphatic carbocycles. The standard InChI is InChI=1S/C10H17N3O/c1-3-10(4-5-10)7-11-6-9-13-12-8(2)14-9/h11H,3-7H2,1-2H3.